The fourth-order valence-corrected chi connectivity index (χ4v) is 3.03. The molecule has 2 nitrogen and oxygen atoms in total. The average molecular weight is 305 g/mol. The smallest absolute Gasteiger partial charge is 0.0730 e. The first kappa shape index (κ1) is 14.2. The highest BCUT2D eigenvalue weighted by Gasteiger charge is 2.04. The first-order valence-electron chi connectivity index (χ1n) is 5.82. The van der Waals surface area contributed by atoms with Crippen LogP contribution >= 0.6 is 27.3 Å². The summed E-state index contributed by atoms with van der Waals surface area (Å²) in [6, 6.07) is 2.77. The van der Waals surface area contributed by atoms with Gasteiger partial charge in [-0.25, -0.2) is 0 Å². The van der Waals surface area contributed by atoms with Crippen LogP contribution in [0.1, 0.15) is 30.7 Å². The van der Waals surface area contributed by atoms with E-state index in [1.165, 1.54) is 20.6 Å². The summed E-state index contributed by atoms with van der Waals surface area (Å²) in [5.74, 6) is 0. The molecule has 0 aliphatic heterocycles. The van der Waals surface area contributed by atoms with Gasteiger partial charge in [-0.15, -0.1) is 11.3 Å². The summed E-state index contributed by atoms with van der Waals surface area (Å²) in [4.78, 5) is 1.40. The van der Waals surface area contributed by atoms with Crippen molar-refractivity contribution in [3.8, 4) is 0 Å². The maximum atomic E-state index is 3.55. The number of thiophene rings is 1. The van der Waals surface area contributed by atoms with Gasteiger partial charge in [0, 0.05) is 24.0 Å². The van der Waals surface area contributed by atoms with E-state index in [9.17, 15) is 0 Å². The van der Waals surface area contributed by atoms with E-state index in [2.05, 4.69) is 53.4 Å². The summed E-state index contributed by atoms with van der Waals surface area (Å²) < 4.78 is 1.25. The fraction of sp³-hybridized carbons (Fsp3) is 0.667. The molecule has 92 valence electrons. The van der Waals surface area contributed by atoms with Crippen LogP contribution in [-0.4, -0.2) is 19.1 Å². The first-order chi connectivity index (χ1) is 7.63. The lowest BCUT2D eigenvalue weighted by atomic mass is 10.3. The van der Waals surface area contributed by atoms with E-state index in [1.54, 1.807) is 0 Å². The second-order valence-electron chi connectivity index (χ2n) is 4.16. The lowest BCUT2D eigenvalue weighted by molar-refractivity contribution is 0.503. The molecule has 1 rings (SSSR count). The van der Waals surface area contributed by atoms with E-state index in [0.717, 1.165) is 19.6 Å². The van der Waals surface area contributed by atoms with Crippen LogP contribution in [0.15, 0.2) is 9.85 Å². The molecule has 0 fully saturated rings. The van der Waals surface area contributed by atoms with Crippen LogP contribution in [0.3, 0.4) is 0 Å². The van der Waals surface area contributed by atoms with Crippen molar-refractivity contribution >= 4 is 27.3 Å². The third-order valence-corrected chi connectivity index (χ3v) is 4.55. The highest BCUT2D eigenvalue weighted by molar-refractivity contribution is 9.11. The Bertz CT molecular complexity index is 292. The molecule has 1 unspecified atom stereocenters. The highest BCUT2D eigenvalue weighted by Crippen LogP contribution is 2.27. The molecule has 0 radical (unpaired) electrons. The number of halogens is 1. The fourth-order valence-electron chi connectivity index (χ4n) is 1.45. The molecular formula is C12H21BrN2S. The maximum absolute atomic E-state index is 3.55. The zero-order valence-corrected chi connectivity index (χ0v) is 12.7. The van der Waals surface area contributed by atoms with Crippen LogP contribution in [0, 0.1) is 6.92 Å². The second-order valence-corrected chi connectivity index (χ2v) is 6.61. The Kier molecular flexibility index (Phi) is 6.58. The zero-order valence-electron chi connectivity index (χ0n) is 10.3. The molecule has 1 heterocycles. The van der Waals surface area contributed by atoms with Gasteiger partial charge >= 0.3 is 0 Å². The molecule has 1 atom stereocenters. The molecule has 0 aliphatic rings. The van der Waals surface area contributed by atoms with E-state index < -0.39 is 0 Å². The van der Waals surface area contributed by atoms with Gasteiger partial charge < -0.3 is 10.6 Å². The van der Waals surface area contributed by atoms with E-state index in [-0.39, 0.29) is 0 Å². The van der Waals surface area contributed by atoms with Gasteiger partial charge in [-0.1, -0.05) is 6.92 Å². The molecule has 0 spiro atoms. The molecule has 16 heavy (non-hydrogen) atoms. The van der Waals surface area contributed by atoms with Crippen molar-refractivity contribution in [3.05, 3.63) is 20.3 Å². The molecule has 0 saturated heterocycles. The topological polar surface area (TPSA) is 24.1 Å². The minimum absolute atomic E-state index is 0.521. The molecule has 1 aromatic heterocycles. The van der Waals surface area contributed by atoms with Crippen molar-refractivity contribution in [1.29, 1.82) is 0 Å². The SMILES string of the molecule is CCCNCC(C)NCc1cc(C)c(Br)s1. The van der Waals surface area contributed by atoms with Crippen molar-refractivity contribution in [1.82, 2.24) is 10.6 Å². The summed E-state index contributed by atoms with van der Waals surface area (Å²) in [6.07, 6.45) is 1.20. The van der Waals surface area contributed by atoms with E-state index in [4.69, 9.17) is 0 Å². The van der Waals surface area contributed by atoms with Crippen LogP contribution in [-0.2, 0) is 6.54 Å². The minimum Gasteiger partial charge on any atom is -0.315 e. The van der Waals surface area contributed by atoms with Crippen molar-refractivity contribution in [2.75, 3.05) is 13.1 Å². The Balaban J connectivity index is 2.23. The Labute approximate surface area is 111 Å². The molecule has 2 N–H and O–H groups in total. The summed E-state index contributed by atoms with van der Waals surface area (Å²) in [5.41, 5.74) is 1.33. The van der Waals surface area contributed by atoms with Crippen molar-refractivity contribution in [2.45, 2.75) is 39.8 Å². The predicted octanol–water partition coefficient (Wildman–Crippen LogP) is 3.30. The largest absolute Gasteiger partial charge is 0.315 e. The summed E-state index contributed by atoms with van der Waals surface area (Å²) in [7, 11) is 0. The summed E-state index contributed by atoms with van der Waals surface area (Å²) in [6.45, 7) is 9.66. The number of rotatable bonds is 7. The number of nitrogens with one attached hydrogen (secondary N) is 2. The quantitative estimate of drug-likeness (QED) is 0.755. The second kappa shape index (κ2) is 7.43. The van der Waals surface area contributed by atoms with Crippen molar-refractivity contribution in [2.24, 2.45) is 0 Å². The van der Waals surface area contributed by atoms with Crippen molar-refractivity contribution < 1.29 is 0 Å². The van der Waals surface area contributed by atoms with Crippen LogP contribution in [0.5, 0.6) is 0 Å². The predicted molar refractivity (Wildman–Crippen MR) is 76.2 cm³/mol. The van der Waals surface area contributed by atoms with E-state index in [0.29, 0.717) is 6.04 Å². The van der Waals surface area contributed by atoms with Gasteiger partial charge in [0.05, 0.1) is 3.79 Å². The lowest BCUT2D eigenvalue weighted by Crippen LogP contribution is -2.36. The van der Waals surface area contributed by atoms with Gasteiger partial charge in [0.1, 0.15) is 0 Å². The standard InChI is InChI=1S/C12H21BrN2S/c1-4-5-14-7-10(3)15-8-11-6-9(2)12(13)16-11/h6,10,14-15H,4-5,7-8H2,1-3H3. The normalized spacial score (nSPS) is 13.0. The Morgan fingerprint density at radius 2 is 2.25 bits per heavy atom. The van der Waals surface area contributed by atoms with E-state index >= 15 is 0 Å². The molecule has 4 heteroatoms. The number of aryl methyl sites for hydroxylation is 1. The number of hydrogen-bond acceptors (Lipinski definition) is 3. The van der Waals surface area contributed by atoms with E-state index in [1.807, 2.05) is 11.3 Å². The minimum atomic E-state index is 0.521. The van der Waals surface area contributed by atoms with Gasteiger partial charge in [0.2, 0.25) is 0 Å². The first-order valence-corrected chi connectivity index (χ1v) is 7.43. The molecule has 0 bridgehead atoms. The van der Waals surface area contributed by atoms with Gasteiger partial charge in [0.25, 0.3) is 0 Å². The van der Waals surface area contributed by atoms with Crippen LogP contribution < -0.4 is 10.6 Å². The van der Waals surface area contributed by atoms with Crippen molar-refractivity contribution in [3.63, 3.8) is 0 Å². The van der Waals surface area contributed by atoms with Gasteiger partial charge in [-0.2, -0.15) is 0 Å². The maximum Gasteiger partial charge on any atom is 0.0730 e. The zero-order chi connectivity index (χ0) is 12.0. The molecule has 0 aromatic carbocycles. The Hall–Kier alpha value is 0.1000. The van der Waals surface area contributed by atoms with Gasteiger partial charge in [-0.3, -0.25) is 0 Å². The van der Waals surface area contributed by atoms with Crippen LogP contribution in [0.4, 0.5) is 0 Å². The Morgan fingerprint density at radius 1 is 1.50 bits per heavy atom. The number of hydrogen-bond donors (Lipinski definition) is 2. The van der Waals surface area contributed by atoms with Gasteiger partial charge in [-0.05, 0) is 54.4 Å². The lowest BCUT2D eigenvalue weighted by Gasteiger charge is -2.13. The average Bonchev–Trinajstić information content (AvgIpc) is 2.56. The Morgan fingerprint density at radius 3 is 2.81 bits per heavy atom. The third-order valence-electron chi connectivity index (χ3n) is 2.41. The molecule has 1 aromatic rings. The summed E-state index contributed by atoms with van der Waals surface area (Å²) in [5, 5.41) is 6.94. The van der Waals surface area contributed by atoms with Gasteiger partial charge in [0.15, 0.2) is 0 Å². The summed E-state index contributed by atoms with van der Waals surface area (Å²) >= 11 is 5.37. The molecule has 0 amide bonds. The molecule has 0 aliphatic carbocycles. The monoisotopic (exact) mass is 304 g/mol. The highest BCUT2D eigenvalue weighted by atomic mass is 79.9. The van der Waals surface area contributed by atoms with Crippen LogP contribution in [0.25, 0.3) is 0 Å². The molecular weight excluding hydrogens is 284 g/mol. The third kappa shape index (κ3) is 4.95. The van der Waals surface area contributed by atoms with Crippen LogP contribution in [0.2, 0.25) is 0 Å². The molecule has 0 saturated carbocycles.